The Labute approximate surface area is 179 Å². The highest BCUT2D eigenvalue weighted by Crippen LogP contribution is 2.50. The molecule has 0 bridgehead atoms. The monoisotopic (exact) mass is 440 g/mol. The molecular formula is C22H16F4N6. The van der Waals surface area contributed by atoms with Crippen LogP contribution in [0.15, 0.2) is 30.5 Å². The van der Waals surface area contributed by atoms with Gasteiger partial charge in [-0.1, -0.05) is 6.07 Å². The van der Waals surface area contributed by atoms with Gasteiger partial charge in [0.15, 0.2) is 5.82 Å². The van der Waals surface area contributed by atoms with Gasteiger partial charge in [-0.25, -0.2) is 4.39 Å². The highest BCUT2D eigenvalue weighted by molar-refractivity contribution is 6.00. The molecule has 1 aliphatic rings. The minimum Gasteiger partial charge on any atom is -0.371 e. The zero-order valence-electron chi connectivity index (χ0n) is 17.2. The first-order valence-corrected chi connectivity index (χ1v) is 9.70. The van der Waals surface area contributed by atoms with Crippen molar-refractivity contribution in [2.24, 2.45) is 0 Å². The van der Waals surface area contributed by atoms with Gasteiger partial charge in [-0.15, -0.1) is 10.2 Å². The molecule has 2 N–H and O–H groups in total. The number of rotatable bonds is 1. The minimum absolute atomic E-state index is 0.00191. The lowest BCUT2D eigenvalue weighted by atomic mass is 9.90. The van der Waals surface area contributed by atoms with Crippen molar-refractivity contribution in [3.05, 3.63) is 59.1 Å². The lowest BCUT2D eigenvalue weighted by molar-refractivity contribution is -0.137. The van der Waals surface area contributed by atoms with E-state index in [1.807, 2.05) is 6.07 Å². The maximum Gasteiger partial charge on any atom is 0.419 e. The van der Waals surface area contributed by atoms with Crippen molar-refractivity contribution < 1.29 is 17.6 Å². The van der Waals surface area contributed by atoms with Crippen LogP contribution < -0.4 is 5.32 Å². The number of nitrogens with one attached hydrogen (secondary N) is 2. The van der Waals surface area contributed by atoms with Gasteiger partial charge in [0.25, 0.3) is 0 Å². The van der Waals surface area contributed by atoms with E-state index in [1.54, 1.807) is 20.8 Å². The van der Waals surface area contributed by atoms with E-state index in [-0.39, 0.29) is 34.2 Å². The summed E-state index contributed by atoms with van der Waals surface area (Å²) in [4.78, 5) is 2.86. The van der Waals surface area contributed by atoms with Crippen molar-refractivity contribution in [1.29, 1.82) is 5.26 Å². The Morgan fingerprint density at radius 1 is 1.16 bits per heavy atom. The molecule has 0 atom stereocenters. The number of halogens is 4. The minimum atomic E-state index is -4.89. The van der Waals surface area contributed by atoms with Crippen LogP contribution in [0.3, 0.4) is 0 Å². The molecule has 2 aromatic heterocycles. The summed E-state index contributed by atoms with van der Waals surface area (Å²) in [5, 5.41) is 20.7. The van der Waals surface area contributed by atoms with E-state index >= 15 is 4.39 Å². The molecule has 0 aliphatic carbocycles. The SMILES string of the molecule is Cc1nnc2n1-c1c(cc(F)c(-c3ccc(C#N)c4[nH]ccc34)c1C(F)(F)F)NC2(C)C. The van der Waals surface area contributed by atoms with Gasteiger partial charge in [0.2, 0.25) is 0 Å². The Bertz CT molecular complexity index is 1450. The number of aryl methyl sites for hydroxylation is 1. The highest BCUT2D eigenvalue weighted by atomic mass is 19.4. The van der Waals surface area contributed by atoms with Crippen LogP contribution in [0.2, 0.25) is 0 Å². The third-order valence-electron chi connectivity index (χ3n) is 5.70. The smallest absolute Gasteiger partial charge is 0.371 e. The molecule has 10 heteroatoms. The quantitative estimate of drug-likeness (QED) is 0.388. The first-order chi connectivity index (χ1) is 15.0. The van der Waals surface area contributed by atoms with Gasteiger partial charge in [0, 0.05) is 17.1 Å². The number of alkyl halides is 3. The molecule has 6 nitrogen and oxygen atoms in total. The Hall–Kier alpha value is -3.87. The second kappa shape index (κ2) is 6.32. The summed E-state index contributed by atoms with van der Waals surface area (Å²) in [7, 11) is 0. The van der Waals surface area contributed by atoms with Crippen molar-refractivity contribution in [1.82, 2.24) is 19.7 Å². The fourth-order valence-electron chi connectivity index (χ4n) is 4.40. The molecule has 0 spiro atoms. The summed E-state index contributed by atoms with van der Waals surface area (Å²) in [6.07, 6.45) is -3.39. The standard InChI is InChI=1S/C22H16F4N6/c1-10-30-31-20-21(2,3)29-15-8-14(23)16(17(22(24,25)26)19(15)32(10)20)12-5-4-11(9-27)18-13(12)6-7-28-18/h4-8,28-29H,1-3H3. The van der Waals surface area contributed by atoms with Crippen LogP contribution in [0.5, 0.6) is 0 Å². The number of aromatic amines is 1. The number of anilines is 1. The molecule has 0 fully saturated rings. The molecule has 0 unspecified atom stereocenters. The molecule has 32 heavy (non-hydrogen) atoms. The fraction of sp³-hybridized carbons (Fsp3) is 0.227. The van der Waals surface area contributed by atoms with Crippen molar-refractivity contribution in [2.45, 2.75) is 32.5 Å². The second-order valence-electron chi connectivity index (χ2n) is 8.20. The number of nitrogens with zero attached hydrogens (tertiary/aromatic N) is 4. The van der Waals surface area contributed by atoms with Crippen LogP contribution >= 0.6 is 0 Å². The fourth-order valence-corrected chi connectivity index (χ4v) is 4.40. The van der Waals surface area contributed by atoms with Crippen molar-refractivity contribution in [2.75, 3.05) is 5.32 Å². The molecule has 0 radical (unpaired) electrons. The Balaban J connectivity index is 1.95. The molecule has 4 aromatic rings. The third kappa shape index (κ3) is 2.64. The molecule has 0 amide bonds. The number of nitriles is 1. The number of benzene rings is 2. The highest BCUT2D eigenvalue weighted by Gasteiger charge is 2.45. The number of aromatic nitrogens is 4. The normalized spacial score (nSPS) is 14.6. The number of H-pyrrole nitrogens is 1. The van der Waals surface area contributed by atoms with Crippen LogP contribution in [0.25, 0.3) is 27.7 Å². The third-order valence-corrected chi connectivity index (χ3v) is 5.70. The molecule has 0 saturated heterocycles. The number of hydrogen-bond donors (Lipinski definition) is 2. The average molecular weight is 440 g/mol. The Morgan fingerprint density at radius 2 is 1.91 bits per heavy atom. The van der Waals surface area contributed by atoms with E-state index < -0.39 is 28.7 Å². The molecule has 5 rings (SSSR count). The van der Waals surface area contributed by atoms with Crippen LogP contribution in [-0.4, -0.2) is 19.7 Å². The van der Waals surface area contributed by atoms with E-state index in [4.69, 9.17) is 0 Å². The lowest BCUT2D eigenvalue weighted by Gasteiger charge is -2.36. The van der Waals surface area contributed by atoms with E-state index in [9.17, 15) is 18.4 Å². The van der Waals surface area contributed by atoms with Gasteiger partial charge in [0.1, 0.15) is 17.7 Å². The molecule has 1 aliphatic heterocycles. The largest absolute Gasteiger partial charge is 0.419 e. The van der Waals surface area contributed by atoms with Crippen molar-refractivity contribution >= 4 is 16.6 Å². The van der Waals surface area contributed by atoms with E-state index in [2.05, 4.69) is 20.5 Å². The summed E-state index contributed by atoms with van der Waals surface area (Å²) in [5.74, 6) is -0.483. The summed E-state index contributed by atoms with van der Waals surface area (Å²) in [6.45, 7) is 5.02. The van der Waals surface area contributed by atoms with Gasteiger partial charge >= 0.3 is 6.18 Å². The van der Waals surface area contributed by atoms with Crippen LogP contribution in [0, 0.1) is 24.1 Å². The summed E-state index contributed by atoms with van der Waals surface area (Å²) in [6, 6.07) is 7.31. The zero-order chi connectivity index (χ0) is 23.0. The van der Waals surface area contributed by atoms with Gasteiger partial charge in [0.05, 0.1) is 33.6 Å². The molecule has 162 valence electrons. The van der Waals surface area contributed by atoms with E-state index in [1.165, 1.54) is 29.0 Å². The number of fused-ring (bicyclic) bond motifs is 4. The summed E-state index contributed by atoms with van der Waals surface area (Å²) < 4.78 is 60.6. The first kappa shape index (κ1) is 20.1. The van der Waals surface area contributed by atoms with E-state index in [0.29, 0.717) is 10.9 Å². The van der Waals surface area contributed by atoms with Gasteiger partial charge in [-0.3, -0.25) is 4.57 Å². The van der Waals surface area contributed by atoms with E-state index in [0.717, 1.165) is 6.07 Å². The van der Waals surface area contributed by atoms with Gasteiger partial charge in [-0.05, 0) is 44.5 Å². The van der Waals surface area contributed by atoms with Crippen molar-refractivity contribution in [3.63, 3.8) is 0 Å². The van der Waals surface area contributed by atoms with Crippen molar-refractivity contribution in [3.8, 4) is 22.9 Å². The Morgan fingerprint density at radius 3 is 2.59 bits per heavy atom. The molecule has 2 aromatic carbocycles. The van der Waals surface area contributed by atoms with Gasteiger partial charge < -0.3 is 10.3 Å². The second-order valence-corrected chi connectivity index (χ2v) is 8.20. The maximum atomic E-state index is 15.5. The number of hydrogen-bond acceptors (Lipinski definition) is 4. The predicted octanol–water partition coefficient (Wildman–Crippen LogP) is 5.41. The van der Waals surface area contributed by atoms with Crippen LogP contribution in [0.1, 0.15) is 36.6 Å². The molecule has 0 saturated carbocycles. The maximum absolute atomic E-state index is 15.5. The summed E-state index contributed by atoms with van der Waals surface area (Å²) in [5.41, 5.74) is -2.22. The average Bonchev–Trinajstić information content (AvgIpc) is 3.33. The van der Waals surface area contributed by atoms with Crippen LogP contribution in [0.4, 0.5) is 23.2 Å². The van der Waals surface area contributed by atoms with Gasteiger partial charge in [-0.2, -0.15) is 18.4 Å². The Kier molecular flexibility index (Phi) is 3.96. The first-order valence-electron chi connectivity index (χ1n) is 9.70. The molecular weight excluding hydrogens is 424 g/mol. The lowest BCUT2D eigenvalue weighted by Crippen LogP contribution is -2.37. The summed E-state index contributed by atoms with van der Waals surface area (Å²) >= 11 is 0. The zero-order valence-corrected chi connectivity index (χ0v) is 17.2. The van der Waals surface area contributed by atoms with Crippen LogP contribution in [-0.2, 0) is 11.7 Å². The predicted molar refractivity (Wildman–Crippen MR) is 110 cm³/mol. The molecule has 3 heterocycles. The topological polar surface area (TPSA) is 82.3 Å².